The summed E-state index contributed by atoms with van der Waals surface area (Å²) < 4.78 is 15.7. The highest BCUT2D eigenvalue weighted by atomic mass is 32.1. The summed E-state index contributed by atoms with van der Waals surface area (Å²) in [5.74, 6) is 0.570. The molecule has 3 fully saturated rings. The molecular formula is C62H71N9O6S. The second kappa shape index (κ2) is 22.3. The molecule has 2 saturated heterocycles. The minimum Gasteiger partial charge on any atom is -0.490 e. The van der Waals surface area contributed by atoms with Crippen LogP contribution in [-0.2, 0) is 34.3 Å². The molecule has 0 bridgehead atoms. The van der Waals surface area contributed by atoms with E-state index in [1.165, 1.54) is 30.6 Å². The molecule has 1 saturated carbocycles. The number of hydrogen-bond acceptors (Lipinski definition) is 13. The van der Waals surface area contributed by atoms with Crippen LogP contribution >= 0.6 is 11.3 Å². The normalized spacial score (nSPS) is 20.2. The lowest BCUT2D eigenvalue weighted by Crippen LogP contribution is -2.52. The number of rotatable bonds is 14. The van der Waals surface area contributed by atoms with Gasteiger partial charge in [0.2, 0.25) is 11.8 Å². The Balaban J connectivity index is 0.690. The zero-order valence-corrected chi connectivity index (χ0v) is 46.6. The summed E-state index contributed by atoms with van der Waals surface area (Å²) in [6.45, 7) is 15.1. The first-order valence-electron chi connectivity index (χ1n) is 28.0. The third kappa shape index (κ3) is 11.2. The highest BCUT2D eigenvalue weighted by Crippen LogP contribution is 2.39. The molecule has 15 nitrogen and oxygen atoms in total. The van der Waals surface area contributed by atoms with Gasteiger partial charge < -0.3 is 19.3 Å². The molecule has 406 valence electrons. The van der Waals surface area contributed by atoms with E-state index in [0.717, 1.165) is 112 Å². The average molecular weight is 1070 g/mol. The number of nitrogens with one attached hydrogen (secondary N) is 2. The zero-order valence-electron chi connectivity index (χ0n) is 45.8. The number of carbonyl (C=O) groups is 4. The van der Waals surface area contributed by atoms with Crippen molar-refractivity contribution in [3.8, 4) is 16.9 Å². The van der Waals surface area contributed by atoms with E-state index in [9.17, 15) is 19.2 Å². The van der Waals surface area contributed by atoms with Crippen LogP contribution in [0.25, 0.3) is 32.2 Å². The Morgan fingerprint density at radius 3 is 2.44 bits per heavy atom. The van der Waals surface area contributed by atoms with Crippen molar-refractivity contribution < 1.29 is 28.7 Å². The van der Waals surface area contributed by atoms with Crippen LogP contribution in [0.1, 0.15) is 135 Å². The van der Waals surface area contributed by atoms with Crippen LogP contribution < -0.4 is 25.2 Å². The maximum atomic E-state index is 14.1. The largest absolute Gasteiger partial charge is 0.490 e. The Morgan fingerprint density at radius 2 is 1.64 bits per heavy atom. The number of benzene rings is 4. The average Bonchev–Trinajstić information content (AvgIpc) is 4.06. The van der Waals surface area contributed by atoms with Crippen molar-refractivity contribution in [2.24, 2.45) is 13.0 Å². The molecule has 4 aromatic carbocycles. The highest BCUT2D eigenvalue weighted by molar-refractivity contribution is 7.22. The fourth-order valence-corrected chi connectivity index (χ4v) is 13.1. The van der Waals surface area contributed by atoms with Crippen molar-refractivity contribution in [1.29, 1.82) is 0 Å². The number of aryl methyl sites for hydroxylation is 1. The van der Waals surface area contributed by atoms with Gasteiger partial charge in [-0.15, -0.1) is 0 Å². The number of ether oxygens (including phenoxy) is 2. The minimum absolute atomic E-state index is 0.120. The first-order chi connectivity index (χ1) is 37.6. The van der Waals surface area contributed by atoms with Gasteiger partial charge >= 0.3 is 5.97 Å². The number of fused-ring (bicyclic) bond motifs is 3. The predicted molar refractivity (Wildman–Crippen MR) is 308 cm³/mol. The van der Waals surface area contributed by atoms with Crippen molar-refractivity contribution in [2.45, 2.75) is 129 Å². The number of nitrogens with zero attached hydrogens (tertiary/aromatic N) is 7. The van der Waals surface area contributed by atoms with E-state index in [4.69, 9.17) is 19.6 Å². The lowest BCUT2D eigenvalue weighted by Gasteiger charge is -2.41. The van der Waals surface area contributed by atoms with Gasteiger partial charge in [-0.3, -0.25) is 34.6 Å². The van der Waals surface area contributed by atoms with Gasteiger partial charge in [-0.2, -0.15) is 5.10 Å². The molecule has 3 aliphatic heterocycles. The highest BCUT2D eigenvalue weighted by Gasteiger charge is 2.34. The number of imide groups is 1. The Morgan fingerprint density at radius 1 is 0.833 bits per heavy atom. The Kier molecular flexibility index (Phi) is 15.1. The summed E-state index contributed by atoms with van der Waals surface area (Å²) in [7, 11) is 1.95. The lowest BCUT2D eigenvalue weighted by molar-refractivity contribution is -0.134. The van der Waals surface area contributed by atoms with Gasteiger partial charge in [-0.25, -0.2) is 14.8 Å². The van der Waals surface area contributed by atoms with Gasteiger partial charge in [-0.05, 0) is 157 Å². The molecule has 3 amide bonds. The van der Waals surface area contributed by atoms with Crippen molar-refractivity contribution in [2.75, 3.05) is 47.8 Å². The molecule has 2 atom stereocenters. The predicted octanol–water partition coefficient (Wildman–Crippen LogP) is 11.2. The van der Waals surface area contributed by atoms with E-state index in [2.05, 4.69) is 68.4 Å². The first kappa shape index (κ1) is 52.9. The number of pyridine rings is 1. The van der Waals surface area contributed by atoms with Gasteiger partial charge in [0.25, 0.3) is 5.91 Å². The zero-order chi connectivity index (χ0) is 54.2. The lowest BCUT2D eigenvalue weighted by atomic mass is 9.84. The standard InChI is InChI=1S/C62H71N9O6S/c1-38-36-70(50-20-12-18-46-55(67-68(6)57(46)50)47-28-30-54(72)65-59(47)74)35-34-69(38)32-10-9-14-40-23-25-42(26-24-40)76-51-21-13-16-43(39(51)2)44-27-29-53(64-56(44)60(75)77-62(3,4)5)71-33-31-41-15-11-17-45(48(41)37-71)58(73)66-61-63-49-19-7-8-22-52(49)78-61/h7-8,11-13,15-22,27,29,38,40,42,47H,9-10,14,23-26,28,30-37H2,1-6H3,(H,63,66,73)(H,65,72,74)/t38-,40-,42-,47?/m1/s1. The summed E-state index contributed by atoms with van der Waals surface area (Å²) in [6, 6.07) is 30.4. The monoisotopic (exact) mass is 1070 g/mol. The number of hydrogen-bond donors (Lipinski definition) is 2. The number of anilines is 3. The van der Waals surface area contributed by atoms with Gasteiger partial charge in [0.15, 0.2) is 10.8 Å². The Hall–Kier alpha value is -7.17. The number of thiazole rings is 1. The Labute approximate surface area is 460 Å². The molecule has 7 aromatic rings. The van der Waals surface area contributed by atoms with E-state index >= 15 is 0 Å². The summed E-state index contributed by atoms with van der Waals surface area (Å²) in [6.07, 6.45) is 9.59. The van der Waals surface area contributed by atoms with Crippen LogP contribution in [0.2, 0.25) is 0 Å². The third-order valence-corrected chi connectivity index (χ3v) is 17.3. The van der Waals surface area contributed by atoms with Crippen LogP contribution in [0, 0.1) is 12.8 Å². The molecule has 1 unspecified atom stereocenters. The molecule has 11 rings (SSSR count). The van der Waals surface area contributed by atoms with E-state index in [0.29, 0.717) is 66.4 Å². The number of amides is 3. The van der Waals surface area contributed by atoms with E-state index in [1.54, 1.807) is 0 Å². The molecule has 0 radical (unpaired) electrons. The van der Waals surface area contributed by atoms with E-state index in [-0.39, 0.29) is 29.5 Å². The number of esters is 1. The molecule has 6 heterocycles. The van der Waals surface area contributed by atoms with E-state index < -0.39 is 17.5 Å². The molecule has 1 aliphatic carbocycles. The topological polar surface area (TPSA) is 164 Å². The SMILES string of the molecule is Cc1c(O[C@H]2CC[C@H](CCCCN3CCN(c4cccc5c(C6CCC(=O)NC6=O)nn(C)c45)C[C@H]3C)CC2)cccc1-c1ccc(N2CCc3cccc(C(=O)Nc4nc5ccccc5s4)c3C2)nc1C(=O)OC(C)(C)C. The van der Waals surface area contributed by atoms with Gasteiger partial charge in [0.05, 0.1) is 39.1 Å². The van der Waals surface area contributed by atoms with Crippen LogP contribution in [0.3, 0.4) is 0 Å². The van der Waals surface area contributed by atoms with Gasteiger partial charge in [0, 0.05) is 68.7 Å². The Bertz CT molecular complexity index is 3380. The summed E-state index contributed by atoms with van der Waals surface area (Å²) in [5, 5.41) is 11.9. The van der Waals surface area contributed by atoms with E-state index in [1.807, 2.05) is 99.2 Å². The maximum Gasteiger partial charge on any atom is 0.358 e. The molecule has 78 heavy (non-hydrogen) atoms. The molecule has 0 spiro atoms. The van der Waals surface area contributed by atoms with Crippen molar-refractivity contribution in [3.05, 3.63) is 125 Å². The number of unbranched alkanes of at least 4 members (excludes halogenated alkanes) is 1. The fraction of sp³-hybridized carbons (Fsp3) is 0.435. The van der Waals surface area contributed by atoms with Crippen LogP contribution in [0.5, 0.6) is 5.75 Å². The molecule has 16 heteroatoms. The number of aromatic nitrogens is 4. The summed E-state index contributed by atoms with van der Waals surface area (Å²) in [5.41, 5.74) is 8.47. The number of piperazine rings is 1. The number of carbonyl (C=O) groups excluding carboxylic acids is 4. The van der Waals surface area contributed by atoms with Gasteiger partial charge in [0.1, 0.15) is 17.2 Å². The molecule has 2 N–H and O–H groups in total. The van der Waals surface area contributed by atoms with Crippen LogP contribution in [-0.4, -0.2) is 98.8 Å². The minimum atomic E-state index is -0.733. The number of para-hydroxylation sites is 2. The first-order valence-corrected chi connectivity index (χ1v) is 28.8. The third-order valence-electron chi connectivity index (χ3n) is 16.3. The van der Waals surface area contributed by atoms with Crippen LogP contribution in [0.15, 0.2) is 91.0 Å². The smallest absolute Gasteiger partial charge is 0.358 e. The summed E-state index contributed by atoms with van der Waals surface area (Å²) >= 11 is 1.45. The second-order valence-electron chi connectivity index (χ2n) is 22.8. The maximum absolute atomic E-state index is 14.1. The summed E-state index contributed by atoms with van der Waals surface area (Å²) in [4.78, 5) is 69.6. The molecular weight excluding hydrogens is 999 g/mol. The van der Waals surface area contributed by atoms with Crippen molar-refractivity contribution in [1.82, 2.24) is 30.0 Å². The fourth-order valence-electron chi connectivity index (χ4n) is 12.3. The quantitative estimate of drug-likeness (QED) is 0.0603. The van der Waals surface area contributed by atoms with Crippen molar-refractivity contribution in [3.63, 3.8) is 0 Å². The molecule has 4 aliphatic rings. The van der Waals surface area contributed by atoms with Gasteiger partial charge in [-0.1, -0.05) is 72.7 Å². The van der Waals surface area contributed by atoms with Crippen molar-refractivity contribution >= 4 is 72.8 Å². The molecule has 3 aromatic heterocycles. The second-order valence-corrected chi connectivity index (χ2v) is 23.9. The van der Waals surface area contributed by atoms with Crippen LogP contribution in [0.4, 0.5) is 16.6 Å². The number of piperidine rings is 1.